The van der Waals surface area contributed by atoms with Crippen LogP contribution in [0.5, 0.6) is 5.75 Å². The SMILES string of the molecule is CCOC[C@H](N)[C@H]1CN(c2c(F)cc3c(c2OC)N(C2CC2)CN(N)C3)C[C@H]1C. The molecule has 162 valence electrons. The Hall–Kier alpha value is -1.61. The Bertz CT molecular complexity index is 744. The van der Waals surface area contributed by atoms with Crippen molar-refractivity contribution >= 4 is 11.4 Å². The van der Waals surface area contributed by atoms with Crippen molar-refractivity contribution in [3.8, 4) is 5.75 Å². The van der Waals surface area contributed by atoms with Gasteiger partial charge in [-0.05, 0) is 43.2 Å². The van der Waals surface area contributed by atoms with E-state index in [1.54, 1.807) is 18.2 Å². The van der Waals surface area contributed by atoms with Gasteiger partial charge in [0.05, 0.1) is 26.1 Å². The summed E-state index contributed by atoms with van der Waals surface area (Å²) in [4.78, 5) is 4.38. The number of ether oxygens (including phenoxy) is 2. The summed E-state index contributed by atoms with van der Waals surface area (Å²) in [6.45, 7) is 7.95. The highest BCUT2D eigenvalue weighted by atomic mass is 19.1. The van der Waals surface area contributed by atoms with Gasteiger partial charge in [-0.2, -0.15) is 0 Å². The van der Waals surface area contributed by atoms with Crippen LogP contribution in [0.2, 0.25) is 0 Å². The van der Waals surface area contributed by atoms with Gasteiger partial charge < -0.3 is 25.0 Å². The average molecular weight is 408 g/mol. The molecule has 2 aliphatic heterocycles. The Morgan fingerprint density at radius 2 is 2.03 bits per heavy atom. The van der Waals surface area contributed by atoms with E-state index in [2.05, 4.69) is 16.7 Å². The topological polar surface area (TPSA) is 80.2 Å². The van der Waals surface area contributed by atoms with Gasteiger partial charge in [0.15, 0.2) is 11.6 Å². The maximum absolute atomic E-state index is 15.4. The van der Waals surface area contributed by atoms with Gasteiger partial charge >= 0.3 is 0 Å². The molecule has 3 aliphatic rings. The van der Waals surface area contributed by atoms with Gasteiger partial charge in [0, 0.05) is 38.3 Å². The smallest absolute Gasteiger partial charge is 0.168 e. The number of fused-ring (bicyclic) bond motifs is 1. The zero-order valence-corrected chi connectivity index (χ0v) is 17.7. The molecule has 0 spiro atoms. The largest absolute Gasteiger partial charge is 0.492 e. The third-order valence-electron chi connectivity index (χ3n) is 6.50. The second-order valence-corrected chi connectivity index (χ2v) is 8.71. The number of benzene rings is 1. The zero-order chi connectivity index (χ0) is 20.7. The number of nitrogens with two attached hydrogens (primary N) is 2. The molecule has 29 heavy (non-hydrogen) atoms. The number of methoxy groups -OCH3 is 1. The van der Waals surface area contributed by atoms with Crippen molar-refractivity contribution in [1.29, 1.82) is 0 Å². The van der Waals surface area contributed by atoms with Crippen LogP contribution >= 0.6 is 0 Å². The van der Waals surface area contributed by atoms with Crippen LogP contribution in [-0.4, -0.2) is 57.2 Å². The zero-order valence-electron chi connectivity index (χ0n) is 17.7. The van der Waals surface area contributed by atoms with Gasteiger partial charge in [0.25, 0.3) is 0 Å². The Morgan fingerprint density at radius 3 is 2.69 bits per heavy atom. The van der Waals surface area contributed by atoms with Crippen molar-refractivity contribution in [2.75, 3.05) is 49.9 Å². The van der Waals surface area contributed by atoms with E-state index in [0.717, 1.165) is 30.6 Å². The quantitative estimate of drug-likeness (QED) is 0.668. The van der Waals surface area contributed by atoms with Gasteiger partial charge in [0.2, 0.25) is 0 Å². The second kappa shape index (κ2) is 8.26. The highest BCUT2D eigenvalue weighted by molar-refractivity contribution is 5.78. The number of hydrogen-bond donors (Lipinski definition) is 2. The molecule has 2 heterocycles. The summed E-state index contributed by atoms with van der Waals surface area (Å²) in [5.41, 5.74) is 8.84. The minimum atomic E-state index is -0.252. The van der Waals surface area contributed by atoms with Crippen LogP contribution in [0.1, 0.15) is 32.3 Å². The predicted molar refractivity (Wildman–Crippen MR) is 112 cm³/mol. The monoisotopic (exact) mass is 407 g/mol. The lowest BCUT2D eigenvalue weighted by Gasteiger charge is -2.38. The fourth-order valence-corrected chi connectivity index (χ4v) is 4.91. The van der Waals surface area contributed by atoms with Crippen LogP contribution < -0.4 is 26.1 Å². The van der Waals surface area contributed by atoms with Crippen LogP contribution in [0, 0.1) is 17.7 Å². The lowest BCUT2D eigenvalue weighted by Crippen LogP contribution is -2.47. The van der Waals surface area contributed by atoms with Gasteiger partial charge in [-0.1, -0.05) is 6.92 Å². The first kappa shape index (κ1) is 20.7. The standard InChI is InChI=1S/C21H34FN5O2/c1-4-29-11-18(23)16-10-25(8-13(16)2)20-17(22)7-14-9-26(24)12-27(15-5-6-15)19(14)21(20)28-3/h7,13,15-16,18H,4-6,8-12,23-24H2,1-3H3/t13-,16+,18+/m1/s1. The molecule has 1 saturated carbocycles. The van der Waals surface area contributed by atoms with E-state index in [-0.39, 0.29) is 17.8 Å². The van der Waals surface area contributed by atoms with E-state index in [0.29, 0.717) is 56.4 Å². The molecule has 0 unspecified atom stereocenters. The van der Waals surface area contributed by atoms with Crippen LogP contribution in [0.3, 0.4) is 0 Å². The Morgan fingerprint density at radius 1 is 1.28 bits per heavy atom. The third kappa shape index (κ3) is 3.91. The number of halogens is 1. The van der Waals surface area contributed by atoms with Gasteiger partial charge in [-0.3, -0.25) is 5.84 Å². The first-order valence-corrected chi connectivity index (χ1v) is 10.7. The molecule has 1 aromatic rings. The summed E-state index contributed by atoms with van der Waals surface area (Å²) in [6, 6.07) is 2.03. The molecule has 4 rings (SSSR count). The Kier molecular flexibility index (Phi) is 5.88. The molecular weight excluding hydrogens is 373 g/mol. The molecule has 0 radical (unpaired) electrons. The van der Waals surface area contributed by atoms with E-state index < -0.39 is 0 Å². The number of rotatable bonds is 7. The predicted octanol–water partition coefficient (Wildman–Crippen LogP) is 1.89. The van der Waals surface area contributed by atoms with Crippen molar-refractivity contribution in [1.82, 2.24) is 5.01 Å². The normalized spacial score (nSPS) is 26.0. The first-order chi connectivity index (χ1) is 13.9. The van der Waals surface area contributed by atoms with E-state index in [1.165, 1.54) is 0 Å². The fraction of sp³-hybridized carbons (Fsp3) is 0.714. The maximum atomic E-state index is 15.4. The number of anilines is 2. The Balaban J connectivity index is 1.67. The molecule has 1 aliphatic carbocycles. The molecule has 0 bridgehead atoms. The van der Waals surface area contributed by atoms with Crippen LogP contribution in [0.25, 0.3) is 0 Å². The molecule has 7 nitrogen and oxygen atoms in total. The number of hydrazine groups is 1. The van der Waals surface area contributed by atoms with E-state index >= 15 is 4.39 Å². The number of hydrogen-bond acceptors (Lipinski definition) is 7. The first-order valence-electron chi connectivity index (χ1n) is 10.7. The minimum Gasteiger partial charge on any atom is -0.492 e. The Labute approximate surface area is 172 Å². The summed E-state index contributed by atoms with van der Waals surface area (Å²) < 4.78 is 26.7. The molecule has 1 aromatic carbocycles. The van der Waals surface area contributed by atoms with Crippen LogP contribution in [0.15, 0.2) is 6.07 Å². The van der Waals surface area contributed by atoms with Gasteiger partial charge in [-0.25, -0.2) is 9.40 Å². The highest BCUT2D eigenvalue weighted by Gasteiger charge is 2.40. The molecule has 2 fully saturated rings. The molecular formula is C21H34FN5O2. The van der Waals surface area contributed by atoms with E-state index in [9.17, 15) is 0 Å². The average Bonchev–Trinajstić information content (AvgIpc) is 3.46. The summed E-state index contributed by atoms with van der Waals surface area (Å²) >= 11 is 0. The van der Waals surface area contributed by atoms with Crippen molar-refractivity contribution < 1.29 is 13.9 Å². The molecule has 3 atom stereocenters. The van der Waals surface area contributed by atoms with E-state index in [4.69, 9.17) is 21.1 Å². The summed E-state index contributed by atoms with van der Waals surface area (Å²) in [5.74, 6) is 7.09. The molecule has 0 aromatic heterocycles. The van der Waals surface area contributed by atoms with Crippen molar-refractivity contribution in [2.45, 2.75) is 45.3 Å². The summed E-state index contributed by atoms with van der Waals surface area (Å²) in [7, 11) is 1.64. The lowest BCUT2D eigenvalue weighted by molar-refractivity contribution is 0.113. The summed E-state index contributed by atoms with van der Waals surface area (Å²) in [6.07, 6.45) is 2.27. The van der Waals surface area contributed by atoms with Crippen molar-refractivity contribution in [3.63, 3.8) is 0 Å². The molecule has 0 amide bonds. The van der Waals surface area contributed by atoms with E-state index in [1.807, 2.05) is 6.92 Å². The third-order valence-corrected chi connectivity index (χ3v) is 6.50. The second-order valence-electron chi connectivity index (χ2n) is 8.71. The maximum Gasteiger partial charge on any atom is 0.168 e. The van der Waals surface area contributed by atoms with Gasteiger partial charge in [-0.15, -0.1) is 0 Å². The fourth-order valence-electron chi connectivity index (χ4n) is 4.91. The number of nitrogens with zero attached hydrogens (tertiary/aromatic N) is 3. The highest BCUT2D eigenvalue weighted by Crippen LogP contribution is 2.49. The van der Waals surface area contributed by atoms with Crippen LogP contribution in [-0.2, 0) is 11.3 Å². The molecule has 4 N–H and O–H groups in total. The molecule has 1 saturated heterocycles. The van der Waals surface area contributed by atoms with Crippen LogP contribution in [0.4, 0.5) is 15.8 Å². The van der Waals surface area contributed by atoms with Crippen molar-refractivity contribution in [2.24, 2.45) is 23.4 Å². The molecule has 8 heteroatoms. The lowest BCUT2D eigenvalue weighted by atomic mass is 9.91. The minimum absolute atomic E-state index is 0.0598. The van der Waals surface area contributed by atoms with Crippen molar-refractivity contribution in [3.05, 3.63) is 17.4 Å². The van der Waals surface area contributed by atoms with Gasteiger partial charge in [0.1, 0.15) is 5.69 Å². The summed E-state index contributed by atoms with van der Waals surface area (Å²) in [5, 5.41) is 1.74.